The van der Waals surface area contributed by atoms with Crippen LogP contribution in [-0.2, 0) is 4.74 Å². The van der Waals surface area contributed by atoms with E-state index in [2.05, 4.69) is 17.2 Å². The first-order chi connectivity index (χ1) is 7.34. The van der Waals surface area contributed by atoms with Crippen molar-refractivity contribution in [2.45, 2.75) is 13.0 Å². The van der Waals surface area contributed by atoms with E-state index in [1.54, 1.807) is 6.20 Å². The fourth-order valence-corrected chi connectivity index (χ4v) is 1.25. The Morgan fingerprint density at radius 3 is 3.00 bits per heavy atom. The summed E-state index contributed by atoms with van der Waals surface area (Å²) < 4.78 is 5.14. The van der Waals surface area contributed by atoms with Crippen molar-refractivity contribution in [3.63, 3.8) is 0 Å². The lowest BCUT2D eigenvalue weighted by Crippen LogP contribution is -2.24. The summed E-state index contributed by atoms with van der Waals surface area (Å²) in [7, 11) is 0. The van der Waals surface area contributed by atoms with Crippen LogP contribution in [0.25, 0.3) is 0 Å². The lowest BCUT2D eigenvalue weighted by molar-refractivity contribution is 0.0928. The molecule has 1 heterocycles. The maximum absolute atomic E-state index is 8.50. The van der Waals surface area contributed by atoms with Gasteiger partial charge in [0.05, 0.1) is 25.5 Å². The molecule has 2 N–H and O–H groups in total. The SMILES string of the molecule is C[C@H](NCCOCCO)c1ccccn1. The number of rotatable bonds is 7. The Balaban J connectivity index is 2.16. The predicted molar refractivity (Wildman–Crippen MR) is 58.6 cm³/mol. The van der Waals surface area contributed by atoms with E-state index in [9.17, 15) is 0 Å². The standard InChI is InChI=1S/C11H18N2O2/c1-10(11-4-2-3-5-13-11)12-6-8-15-9-7-14/h2-5,10,12,14H,6-9H2,1H3/t10-/m0/s1. The minimum Gasteiger partial charge on any atom is -0.394 e. The lowest BCUT2D eigenvalue weighted by atomic mass is 10.2. The third kappa shape index (κ3) is 4.88. The molecule has 1 aromatic rings. The molecule has 4 heteroatoms. The van der Waals surface area contributed by atoms with E-state index in [1.807, 2.05) is 18.2 Å². The van der Waals surface area contributed by atoms with E-state index < -0.39 is 0 Å². The van der Waals surface area contributed by atoms with Gasteiger partial charge in [-0.25, -0.2) is 0 Å². The summed E-state index contributed by atoms with van der Waals surface area (Å²) in [4.78, 5) is 4.25. The number of aliphatic hydroxyl groups excluding tert-OH is 1. The van der Waals surface area contributed by atoms with Gasteiger partial charge >= 0.3 is 0 Å². The molecule has 84 valence electrons. The van der Waals surface area contributed by atoms with Crippen molar-refractivity contribution in [2.24, 2.45) is 0 Å². The zero-order valence-corrected chi connectivity index (χ0v) is 9.02. The molecule has 15 heavy (non-hydrogen) atoms. The van der Waals surface area contributed by atoms with Crippen LogP contribution in [0.5, 0.6) is 0 Å². The van der Waals surface area contributed by atoms with Crippen LogP contribution >= 0.6 is 0 Å². The zero-order valence-electron chi connectivity index (χ0n) is 9.02. The highest BCUT2D eigenvalue weighted by Gasteiger charge is 2.03. The summed E-state index contributed by atoms with van der Waals surface area (Å²) in [6, 6.07) is 6.10. The topological polar surface area (TPSA) is 54.4 Å². The Bertz CT molecular complexity index is 254. The Morgan fingerprint density at radius 1 is 1.47 bits per heavy atom. The minimum atomic E-state index is 0.0792. The zero-order chi connectivity index (χ0) is 10.9. The second kappa shape index (κ2) is 7.34. The average Bonchev–Trinajstić information content (AvgIpc) is 2.30. The minimum absolute atomic E-state index is 0.0792. The van der Waals surface area contributed by atoms with Crippen molar-refractivity contribution >= 4 is 0 Å². The quantitative estimate of drug-likeness (QED) is 0.652. The number of pyridine rings is 1. The molecular formula is C11H18N2O2. The summed E-state index contributed by atoms with van der Waals surface area (Å²) in [5.41, 5.74) is 1.03. The highest BCUT2D eigenvalue weighted by atomic mass is 16.5. The van der Waals surface area contributed by atoms with E-state index in [0.717, 1.165) is 12.2 Å². The Kier molecular flexibility index (Phi) is 5.92. The van der Waals surface area contributed by atoms with E-state index in [1.165, 1.54) is 0 Å². The average molecular weight is 210 g/mol. The maximum atomic E-state index is 8.50. The van der Waals surface area contributed by atoms with Gasteiger partial charge in [-0.2, -0.15) is 0 Å². The van der Waals surface area contributed by atoms with Crippen LogP contribution in [0.2, 0.25) is 0 Å². The Morgan fingerprint density at radius 2 is 2.33 bits per heavy atom. The van der Waals surface area contributed by atoms with Gasteiger partial charge in [-0.3, -0.25) is 4.98 Å². The van der Waals surface area contributed by atoms with Gasteiger partial charge in [0.2, 0.25) is 0 Å². The van der Waals surface area contributed by atoms with Crippen LogP contribution in [-0.4, -0.2) is 36.5 Å². The lowest BCUT2D eigenvalue weighted by Gasteiger charge is -2.12. The highest BCUT2D eigenvalue weighted by Crippen LogP contribution is 2.06. The van der Waals surface area contributed by atoms with Crippen LogP contribution in [0.1, 0.15) is 18.7 Å². The van der Waals surface area contributed by atoms with Crippen LogP contribution < -0.4 is 5.32 Å². The van der Waals surface area contributed by atoms with Crippen LogP contribution in [0.15, 0.2) is 24.4 Å². The molecule has 0 spiro atoms. The summed E-state index contributed by atoms with van der Waals surface area (Å²) in [5, 5.41) is 11.8. The maximum Gasteiger partial charge on any atom is 0.0698 e. The van der Waals surface area contributed by atoms with Gasteiger partial charge in [0.15, 0.2) is 0 Å². The number of hydrogen-bond donors (Lipinski definition) is 2. The molecule has 1 atom stereocenters. The second-order valence-electron chi connectivity index (χ2n) is 3.27. The van der Waals surface area contributed by atoms with Gasteiger partial charge in [-0.05, 0) is 19.1 Å². The van der Waals surface area contributed by atoms with Gasteiger partial charge < -0.3 is 15.2 Å². The second-order valence-corrected chi connectivity index (χ2v) is 3.27. The third-order valence-electron chi connectivity index (χ3n) is 2.06. The first-order valence-electron chi connectivity index (χ1n) is 5.17. The molecule has 0 saturated heterocycles. The summed E-state index contributed by atoms with van der Waals surface area (Å²) >= 11 is 0. The Labute approximate surface area is 90.3 Å². The number of hydrogen-bond acceptors (Lipinski definition) is 4. The molecule has 0 aromatic carbocycles. The number of aromatic nitrogens is 1. The van der Waals surface area contributed by atoms with Crippen LogP contribution in [0, 0.1) is 0 Å². The fourth-order valence-electron chi connectivity index (χ4n) is 1.25. The fraction of sp³-hybridized carbons (Fsp3) is 0.545. The van der Waals surface area contributed by atoms with E-state index in [-0.39, 0.29) is 12.6 Å². The smallest absolute Gasteiger partial charge is 0.0698 e. The van der Waals surface area contributed by atoms with E-state index >= 15 is 0 Å². The summed E-state index contributed by atoms with van der Waals surface area (Å²) in [6.45, 7) is 3.92. The first kappa shape index (κ1) is 12.1. The molecule has 0 fully saturated rings. The van der Waals surface area contributed by atoms with E-state index in [4.69, 9.17) is 9.84 Å². The number of nitrogens with one attached hydrogen (secondary N) is 1. The largest absolute Gasteiger partial charge is 0.394 e. The molecule has 0 amide bonds. The van der Waals surface area contributed by atoms with Crippen molar-refractivity contribution in [1.82, 2.24) is 10.3 Å². The molecule has 4 nitrogen and oxygen atoms in total. The monoisotopic (exact) mass is 210 g/mol. The molecule has 0 aliphatic heterocycles. The summed E-state index contributed by atoms with van der Waals surface area (Å²) in [6.07, 6.45) is 1.79. The highest BCUT2D eigenvalue weighted by molar-refractivity contribution is 5.07. The van der Waals surface area contributed by atoms with Gasteiger partial charge in [-0.1, -0.05) is 6.07 Å². The first-order valence-corrected chi connectivity index (χ1v) is 5.17. The molecule has 0 saturated carbocycles. The van der Waals surface area contributed by atoms with Crippen LogP contribution in [0.3, 0.4) is 0 Å². The van der Waals surface area contributed by atoms with Crippen molar-refractivity contribution in [3.05, 3.63) is 30.1 Å². The van der Waals surface area contributed by atoms with Gasteiger partial charge in [0, 0.05) is 18.8 Å². The van der Waals surface area contributed by atoms with Crippen molar-refractivity contribution < 1.29 is 9.84 Å². The molecular weight excluding hydrogens is 192 g/mol. The number of aliphatic hydroxyl groups is 1. The van der Waals surface area contributed by atoms with Gasteiger partial charge in [0.25, 0.3) is 0 Å². The normalized spacial score (nSPS) is 12.7. The molecule has 0 unspecified atom stereocenters. The van der Waals surface area contributed by atoms with Crippen LogP contribution in [0.4, 0.5) is 0 Å². The third-order valence-corrected chi connectivity index (χ3v) is 2.06. The Hall–Kier alpha value is -0.970. The molecule has 1 rings (SSSR count). The molecule has 0 aliphatic rings. The molecule has 1 aromatic heterocycles. The number of ether oxygens (including phenoxy) is 1. The molecule has 0 aliphatic carbocycles. The van der Waals surface area contributed by atoms with Crippen molar-refractivity contribution in [2.75, 3.05) is 26.4 Å². The molecule has 0 bridgehead atoms. The number of nitrogens with zero attached hydrogens (tertiary/aromatic N) is 1. The summed E-state index contributed by atoms with van der Waals surface area (Å²) in [5.74, 6) is 0. The van der Waals surface area contributed by atoms with Gasteiger partial charge in [0.1, 0.15) is 0 Å². The van der Waals surface area contributed by atoms with Crippen molar-refractivity contribution in [3.8, 4) is 0 Å². The molecule has 0 radical (unpaired) electrons. The van der Waals surface area contributed by atoms with E-state index in [0.29, 0.717) is 13.2 Å². The van der Waals surface area contributed by atoms with Gasteiger partial charge in [-0.15, -0.1) is 0 Å². The van der Waals surface area contributed by atoms with Crippen molar-refractivity contribution in [1.29, 1.82) is 0 Å². The predicted octanol–water partition coefficient (Wildman–Crippen LogP) is 0.741.